The van der Waals surface area contributed by atoms with Gasteiger partial charge >= 0.3 is 0 Å². The van der Waals surface area contributed by atoms with Gasteiger partial charge in [-0.15, -0.1) is 0 Å². The molecule has 2 aliphatic heterocycles. The average molecular weight is 503 g/mol. The van der Waals surface area contributed by atoms with Crippen LogP contribution in [0.2, 0.25) is 0 Å². The Morgan fingerprint density at radius 1 is 0.943 bits per heavy atom. The minimum Gasteiger partial charge on any atom is -0.369 e. The zero-order valence-electron chi connectivity index (χ0n) is 20.9. The molecule has 0 aliphatic carbocycles. The van der Waals surface area contributed by atoms with Crippen LogP contribution in [0.4, 0.5) is 5.69 Å². The van der Waals surface area contributed by atoms with Crippen LogP contribution in [0.5, 0.6) is 0 Å². The molecule has 0 spiro atoms. The predicted molar refractivity (Wildman–Crippen MR) is 133 cm³/mol. The summed E-state index contributed by atoms with van der Waals surface area (Å²) in [6, 6.07) is 6.28. The Hall–Kier alpha value is -2.92. The Labute approximate surface area is 207 Å². The Morgan fingerprint density at radius 2 is 1.57 bits per heavy atom. The molecule has 11 heteroatoms. The largest absolute Gasteiger partial charge is 0.369 e. The van der Waals surface area contributed by atoms with Crippen molar-refractivity contribution in [3.05, 3.63) is 41.1 Å². The number of hydrogen-bond acceptors (Lipinski definition) is 6. The number of hydrogen-bond donors (Lipinski definition) is 0. The topological polar surface area (TPSA) is 99.1 Å². The Balaban J connectivity index is 1.52. The molecule has 4 rings (SSSR count). The van der Waals surface area contributed by atoms with Crippen molar-refractivity contribution >= 4 is 27.5 Å². The number of piperazine rings is 2. The van der Waals surface area contributed by atoms with Gasteiger partial charge in [-0.1, -0.05) is 12.1 Å². The fourth-order valence-corrected chi connectivity index (χ4v) is 6.16. The monoisotopic (exact) mass is 502 g/mol. The molecule has 2 saturated heterocycles. The zero-order chi connectivity index (χ0) is 25.3. The number of anilines is 1. The second-order valence-electron chi connectivity index (χ2n) is 9.18. The highest BCUT2D eigenvalue weighted by Crippen LogP contribution is 2.26. The van der Waals surface area contributed by atoms with E-state index in [1.807, 2.05) is 13.8 Å². The van der Waals surface area contributed by atoms with Gasteiger partial charge in [0.15, 0.2) is 0 Å². The SMILES string of the molecule is CCn1cc(C(=O)N2CCN(C(C)=O)CC2)c(S(=O)(=O)N2CCN(c3cc(C)ccc3C)CC2)n1. The third kappa shape index (κ3) is 5.06. The number of benzene rings is 1. The number of carbonyl (C=O) groups is 2. The third-order valence-corrected chi connectivity index (χ3v) is 8.66. The van der Waals surface area contributed by atoms with Gasteiger partial charge in [0.25, 0.3) is 15.9 Å². The highest BCUT2D eigenvalue weighted by Gasteiger charge is 2.36. The van der Waals surface area contributed by atoms with Gasteiger partial charge in [0.1, 0.15) is 0 Å². The van der Waals surface area contributed by atoms with E-state index in [2.05, 4.69) is 35.1 Å². The molecule has 2 aromatic rings. The van der Waals surface area contributed by atoms with E-state index >= 15 is 0 Å². The first-order valence-corrected chi connectivity index (χ1v) is 13.5. The quantitative estimate of drug-likeness (QED) is 0.612. The predicted octanol–water partition coefficient (Wildman–Crippen LogP) is 1.34. The molecule has 2 fully saturated rings. The van der Waals surface area contributed by atoms with Gasteiger partial charge in [-0.25, -0.2) is 8.42 Å². The molecule has 0 saturated carbocycles. The Kier molecular flexibility index (Phi) is 7.18. The molecule has 0 N–H and O–H groups in total. The summed E-state index contributed by atoms with van der Waals surface area (Å²) in [4.78, 5) is 30.5. The van der Waals surface area contributed by atoms with Gasteiger partial charge < -0.3 is 14.7 Å². The number of nitrogens with zero attached hydrogens (tertiary/aromatic N) is 6. The van der Waals surface area contributed by atoms with Crippen LogP contribution < -0.4 is 4.90 Å². The first kappa shape index (κ1) is 25.2. The average Bonchev–Trinajstić information content (AvgIpc) is 3.31. The lowest BCUT2D eigenvalue weighted by Crippen LogP contribution is -2.51. The van der Waals surface area contributed by atoms with E-state index in [1.54, 1.807) is 9.80 Å². The number of aryl methyl sites for hydroxylation is 3. The first-order valence-electron chi connectivity index (χ1n) is 12.1. The van der Waals surface area contributed by atoms with Gasteiger partial charge in [-0.05, 0) is 38.0 Å². The van der Waals surface area contributed by atoms with Crippen molar-refractivity contribution in [1.29, 1.82) is 0 Å². The van der Waals surface area contributed by atoms with Crippen LogP contribution in [0.3, 0.4) is 0 Å². The van der Waals surface area contributed by atoms with E-state index in [4.69, 9.17) is 0 Å². The van der Waals surface area contributed by atoms with Gasteiger partial charge in [0, 0.05) is 77.7 Å². The lowest BCUT2D eigenvalue weighted by molar-refractivity contribution is -0.130. The molecule has 2 aliphatic rings. The van der Waals surface area contributed by atoms with Gasteiger partial charge in [-0.3, -0.25) is 14.3 Å². The first-order chi connectivity index (χ1) is 16.6. The number of amides is 2. The van der Waals surface area contributed by atoms with Crippen LogP contribution in [-0.2, 0) is 21.4 Å². The standard InChI is InChI=1S/C24H34N6O4S/c1-5-29-17-21(24(32)28-10-8-26(9-11-28)20(4)31)23(25-29)35(33,34)30-14-12-27(13-15-30)22-16-18(2)6-7-19(22)3/h6-7,16-17H,5,8-15H2,1-4H3. The molecule has 2 amide bonds. The summed E-state index contributed by atoms with van der Waals surface area (Å²) in [5.74, 6) is -0.389. The molecule has 0 radical (unpaired) electrons. The number of sulfonamides is 1. The molecule has 1 aromatic heterocycles. The summed E-state index contributed by atoms with van der Waals surface area (Å²) in [5.41, 5.74) is 3.54. The summed E-state index contributed by atoms with van der Waals surface area (Å²) in [6.45, 7) is 11.3. The summed E-state index contributed by atoms with van der Waals surface area (Å²) in [6.07, 6.45) is 1.53. The van der Waals surface area contributed by atoms with E-state index in [9.17, 15) is 18.0 Å². The Bertz CT molecular complexity index is 1210. The molecular weight excluding hydrogens is 468 g/mol. The smallest absolute Gasteiger partial charge is 0.263 e. The molecule has 0 unspecified atom stereocenters. The zero-order valence-corrected chi connectivity index (χ0v) is 21.7. The normalized spacial score (nSPS) is 17.7. The van der Waals surface area contributed by atoms with Gasteiger partial charge in [0.2, 0.25) is 10.9 Å². The minimum absolute atomic E-state index is 0.0285. The highest BCUT2D eigenvalue weighted by molar-refractivity contribution is 7.89. The molecule has 0 bridgehead atoms. The highest BCUT2D eigenvalue weighted by atomic mass is 32.2. The van der Waals surface area contributed by atoms with Crippen LogP contribution in [0.15, 0.2) is 29.4 Å². The summed E-state index contributed by atoms with van der Waals surface area (Å²) >= 11 is 0. The summed E-state index contributed by atoms with van der Waals surface area (Å²) in [7, 11) is -3.95. The molecule has 190 valence electrons. The van der Waals surface area contributed by atoms with Crippen molar-refractivity contribution in [2.24, 2.45) is 0 Å². The summed E-state index contributed by atoms with van der Waals surface area (Å²) < 4.78 is 30.2. The third-order valence-electron chi connectivity index (χ3n) is 6.82. The van der Waals surface area contributed by atoms with Crippen molar-refractivity contribution in [3.8, 4) is 0 Å². The number of rotatable bonds is 5. The molecule has 3 heterocycles. The molecule has 10 nitrogen and oxygen atoms in total. The lowest BCUT2D eigenvalue weighted by atomic mass is 10.1. The van der Waals surface area contributed by atoms with Crippen LogP contribution >= 0.6 is 0 Å². The van der Waals surface area contributed by atoms with Gasteiger partial charge in [-0.2, -0.15) is 9.40 Å². The molecule has 1 aromatic carbocycles. The molecule has 0 atom stereocenters. The molecular formula is C24H34N6O4S. The second kappa shape index (κ2) is 9.98. The Morgan fingerprint density at radius 3 is 2.17 bits per heavy atom. The fourth-order valence-electron chi connectivity index (χ4n) is 4.65. The lowest BCUT2D eigenvalue weighted by Gasteiger charge is -2.36. The number of carbonyl (C=O) groups excluding carboxylic acids is 2. The van der Waals surface area contributed by atoms with E-state index in [1.165, 1.54) is 22.1 Å². The van der Waals surface area contributed by atoms with Gasteiger partial charge in [0.05, 0.1) is 5.56 Å². The number of aromatic nitrogens is 2. The van der Waals surface area contributed by atoms with E-state index in [-0.39, 0.29) is 22.4 Å². The molecule has 35 heavy (non-hydrogen) atoms. The van der Waals surface area contributed by atoms with Crippen LogP contribution in [0.25, 0.3) is 0 Å². The van der Waals surface area contributed by atoms with E-state index < -0.39 is 10.0 Å². The second-order valence-corrected chi connectivity index (χ2v) is 11.0. The maximum atomic E-state index is 13.6. The van der Waals surface area contributed by atoms with Crippen molar-refractivity contribution in [2.45, 2.75) is 39.3 Å². The maximum Gasteiger partial charge on any atom is 0.263 e. The van der Waals surface area contributed by atoms with E-state index in [0.717, 1.165) is 16.8 Å². The van der Waals surface area contributed by atoms with Crippen molar-refractivity contribution in [3.63, 3.8) is 0 Å². The fraction of sp³-hybridized carbons (Fsp3) is 0.542. The summed E-state index contributed by atoms with van der Waals surface area (Å²) in [5, 5.41) is 4.12. The van der Waals surface area contributed by atoms with Crippen LogP contribution in [-0.4, -0.2) is 96.5 Å². The van der Waals surface area contributed by atoms with Crippen molar-refractivity contribution < 1.29 is 18.0 Å². The minimum atomic E-state index is -3.95. The van der Waals surface area contributed by atoms with E-state index in [0.29, 0.717) is 58.9 Å². The van der Waals surface area contributed by atoms with Crippen molar-refractivity contribution in [2.75, 3.05) is 57.3 Å². The van der Waals surface area contributed by atoms with Crippen LogP contribution in [0.1, 0.15) is 35.3 Å². The maximum absolute atomic E-state index is 13.6. The van der Waals surface area contributed by atoms with Crippen molar-refractivity contribution in [1.82, 2.24) is 23.9 Å². The van der Waals surface area contributed by atoms with Crippen LogP contribution in [0, 0.1) is 13.8 Å².